The Hall–Kier alpha value is -2.97. The summed E-state index contributed by atoms with van der Waals surface area (Å²) in [7, 11) is -2.72. The molecule has 0 fully saturated rings. The van der Waals surface area contributed by atoms with Crippen molar-refractivity contribution < 1.29 is 22.4 Å². The number of rotatable bonds is 8. The molecule has 0 aliphatic rings. The third-order valence-electron chi connectivity index (χ3n) is 4.33. The first-order valence-corrected chi connectivity index (χ1v) is 10.8. The van der Waals surface area contributed by atoms with E-state index >= 15 is 0 Å². The number of benzene rings is 2. The van der Waals surface area contributed by atoms with E-state index in [1.54, 1.807) is 55.5 Å². The molecule has 1 N–H and O–H groups in total. The zero-order chi connectivity index (χ0) is 21.7. The lowest BCUT2D eigenvalue weighted by Crippen LogP contribution is -2.40. The number of methoxy groups -OCH3 is 1. The summed E-state index contributed by atoms with van der Waals surface area (Å²) in [6.07, 6.45) is 1.50. The second-order valence-corrected chi connectivity index (χ2v) is 8.77. The van der Waals surface area contributed by atoms with E-state index in [1.165, 1.54) is 19.4 Å². The van der Waals surface area contributed by atoms with E-state index in [4.69, 9.17) is 20.8 Å². The molecule has 0 aliphatic carbocycles. The molecule has 3 rings (SSSR count). The van der Waals surface area contributed by atoms with Crippen molar-refractivity contribution in [3.8, 4) is 5.75 Å². The summed E-state index contributed by atoms with van der Waals surface area (Å²) in [6.45, 7) is 1.50. The van der Waals surface area contributed by atoms with Crippen LogP contribution in [0.2, 0.25) is 5.02 Å². The summed E-state index contributed by atoms with van der Waals surface area (Å²) in [5.74, 6) is 0.261. The van der Waals surface area contributed by atoms with Crippen molar-refractivity contribution in [1.29, 1.82) is 0 Å². The summed E-state index contributed by atoms with van der Waals surface area (Å²) >= 11 is 5.95. The lowest BCUT2D eigenvalue weighted by Gasteiger charge is -2.25. The minimum Gasteiger partial charge on any atom is -0.495 e. The van der Waals surface area contributed by atoms with E-state index in [0.717, 1.165) is 9.87 Å². The normalized spacial score (nSPS) is 11.2. The van der Waals surface area contributed by atoms with Gasteiger partial charge in [0.25, 0.3) is 10.0 Å². The highest BCUT2D eigenvalue weighted by Crippen LogP contribution is 2.31. The third-order valence-corrected chi connectivity index (χ3v) is 6.38. The number of furan rings is 1. The number of hydrogen-bond acceptors (Lipinski definition) is 5. The first kappa shape index (κ1) is 21.7. The van der Waals surface area contributed by atoms with Crippen molar-refractivity contribution in [2.75, 3.05) is 18.0 Å². The number of carbonyl (C=O) groups is 1. The Morgan fingerprint density at radius 1 is 1.17 bits per heavy atom. The molecule has 0 atom stereocenters. The maximum Gasteiger partial charge on any atom is 0.268 e. The van der Waals surface area contributed by atoms with Crippen LogP contribution in [0.15, 0.2) is 70.2 Å². The Labute approximate surface area is 180 Å². The van der Waals surface area contributed by atoms with Crippen LogP contribution in [0.5, 0.6) is 5.75 Å². The fourth-order valence-electron chi connectivity index (χ4n) is 2.81. The van der Waals surface area contributed by atoms with Crippen LogP contribution < -0.4 is 14.4 Å². The van der Waals surface area contributed by atoms with Crippen molar-refractivity contribution in [3.05, 3.63) is 77.2 Å². The fraction of sp³-hybridized carbons (Fsp3) is 0.190. The highest BCUT2D eigenvalue weighted by Gasteiger charge is 2.30. The number of carbonyl (C=O) groups excluding carboxylic acids is 1. The summed E-state index contributed by atoms with van der Waals surface area (Å²) in [6, 6.07) is 14.5. The second kappa shape index (κ2) is 9.23. The van der Waals surface area contributed by atoms with Gasteiger partial charge in [-0.2, -0.15) is 0 Å². The van der Waals surface area contributed by atoms with Gasteiger partial charge in [-0.25, -0.2) is 8.42 Å². The van der Waals surface area contributed by atoms with Crippen LogP contribution >= 0.6 is 11.6 Å². The van der Waals surface area contributed by atoms with Gasteiger partial charge >= 0.3 is 0 Å². The molecule has 0 saturated heterocycles. The topological polar surface area (TPSA) is 88.9 Å². The van der Waals surface area contributed by atoms with Crippen molar-refractivity contribution in [3.63, 3.8) is 0 Å². The lowest BCUT2D eigenvalue weighted by molar-refractivity contribution is -0.119. The number of hydrogen-bond donors (Lipinski definition) is 1. The van der Waals surface area contributed by atoms with Crippen LogP contribution in [0.3, 0.4) is 0 Å². The molecule has 30 heavy (non-hydrogen) atoms. The summed E-state index contributed by atoms with van der Waals surface area (Å²) in [5, 5.41) is 3.11. The molecule has 0 aliphatic heterocycles. The first-order valence-electron chi connectivity index (χ1n) is 9.03. The highest BCUT2D eigenvalue weighted by molar-refractivity contribution is 7.93. The van der Waals surface area contributed by atoms with Crippen molar-refractivity contribution in [1.82, 2.24) is 5.32 Å². The van der Waals surface area contributed by atoms with E-state index in [1.807, 2.05) is 0 Å². The number of amides is 1. The van der Waals surface area contributed by atoms with Gasteiger partial charge in [-0.05, 0) is 61.0 Å². The minimum absolute atomic E-state index is 0.0289. The van der Waals surface area contributed by atoms with Gasteiger partial charge in [0.15, 0.2) is 0 Å². The molecule has 3 aromatic rings. The van der Waals surface area contributed by atoms with Crippen LogP contribution in [-0.2, 0) is 21.4 Å². The average molecular weight is 449 g/mol. The molecule has 9 heteroatoms. The molecule has 1 heterocycles. The van der Waals surface area contributed by atoms with Gasteiger partial charge in [0.05, 0.1) is 25.6 Å². The van der Waals surface area contributed by atoms with Gasteiger partial charge in [-0.1, -0.05) is 17.7 Å². The quantitative estimate of drug-likeness (QED) is 0.566. The number of nitrogens with one attached hydrogen (secondary N) is 1. The molecule has 158 valence electrons. The molecular formula is C21H21ClN2O5S. The third kappa shape index (κ3) is 4.95. The summed E-state index contributed by atoms with van der Waals surface area (Å²) < 4.78 is 38.5. The molecule has 1 aromatic heterocycles. The van der Waals surface area contributed by atoms with Crippen LogP contribution in [0.25, 0.3) is 0 Å². The van der Waals surface area contributed by atoms with Crippen LogP contribution in [0.4, 0.5) is 5.69 Å². The Balaban J connectivity index is 1.95. The number of aryl methyl sites for hydroxylation is 1. The maximum atomic E-state index is 13.5. The molecular weight excluding hydrogens is 428 g/mol. The SMILES string of the molecule is COc1ccc(C)cc1S(=O)(=O)N(CC(=O)NCc1ccco1)c1ccc(Cl)cc1. The minimum atomic E-state index is -4.12. The molecule has 0 bridgehead atoms. The molecule has 7 nitrogen and oxygen atoms in total. The Morgan fingerprint density at radius 2 is 1.90 bits per heavy atom. The number of sulfonamides is 1. The van der Waals surface area contributed by atoms with E-state index in [0.29, 0.717) is 16.5 Å². The smallest absolute Gasteiger partial charge is 0.268 e. The molecule has 0 unspecified atom stereocenters. The van der Waals surface area contributed by atoms with E-state index in [2.05, 4.69) is 5.32 Å². The van der Waals surface area contributed by atoms with Gasteiger partial charge in [-0.3, -0.25) is 9.10 Å². The van der Waals surface area contributed by atoms with Crippen molar-refractivity contribution in [2.45, 2.75) is 18.4 Å². The number of halogens is 1. The monoisotopic (exact) mass is 448 g/mol. The van der Waals surface area contributed by atoms with Crippen LogP contribution in [-0.4, -0.2) is 28.0 Å². The molecule has 0 saturated carbocycles. The first-order chi connectivity index (χ1) is 14.3. The summed E-state index contributed by atoms with van der Waals surface area (Å²) in [5.41, 5.74) is 1.05. The number of nitrogens with zero attached hydrogens (tertiary/aromatic N) is 1. The zero-order valence-electron chi connectivity index (χ0n) is 16.5. The molecule has 0 spiro atoms. The van der Waals surface area contributed by atoms with Gasteiger partial charge < -0.3 is 14.5 Å². The van der Waals surface area contributed by atoms with E-state index < -0.39 is 22.5 Å². The highest BCUT2D eigenvalue weighted by atomic mass is 35.5. The predicted octanol–water partition coefficient (Wildman–Crippen LogP) is 3.76. The van der Waals surface area contributed by atoms with E-state index in [9.17, 15) is 13.2 Å². The van der Waals surface area contributed by atoms with Gasteiger partial charge in [0, 0.05) is 5.02 Å². The Bertz CT molecular complexity index is 1110. The largest absolute Gasteiger partial charge is 0.495 e. The summed E-state index contributed by atoms with van der Waals surface area (Å²) in [4.78, 5) is 12.5. The van der Waals surface area contributed by atoms with Crippen LogP contribution in [0, 0.1) is 6.92 Å². The van der Waals surface area contributed by atoms with Gasteiger partial charge in [0.2, 0.25) is 5.91 Å². The van der Waals surface area contributed by atoms with E-state index in [-0.39, 0.29) is 17.2 Å². The van der Waals surface area contributed by atoms with Gasteiger partial charge in [-0.15, -0.1) is 0 Å². The Morgan fingerprint density at radius 3 is 2.53 bits per heavy atom. The lowest BCUT2D eigenvalue weighted by atomic mass is 10.2. The van der Waals surface area contributed by atoms with Crippen molar-refractivity contribution >= 4 is 33.2 Å². The fourth-order valence-corrected chi connectivity index (χ4v) is 4.60. The Kier molecular flexibility index (Phi) is 6.69. The van der Waals surface area contributed by atoms with Crippen LogP contribution in [0.1, 0.15) is 11.3 Å². The molecule has 0 radical (unpaired) electrons. The second-order valence-electron chi connectivity index (χ2n) is 6.50. The van der Waals surface area contributed by atoms with Gasteiger partial charge in [0.1, 0.15) is 22.9 Å². The zero-order valence-corrected chi connectivity index (χ0v) is 18.0. The average Bonchev–Trinajstić information content (AvgIpc) is 3.25. The number of ether oxygens (including phenoxy) is 1. The number of anilines is 1. The van der Waals surface area contributed by atoms with Crippen molar-refractivity contribution in [2.24, 2.45) is 0 Å². The maximum absolute atomic E-state index is 13.5. The standard InChI is InChI=1S/C21H21ClN2O5S/c1-15-5-10-19(28-2)20(12-15)30(26,27)24(17-8-6-16(22)7-9-17)14-21(25)23-13-18-4-3-11-29-18/h3-12H,13-14H2,1-2H3,(H,23,25). The predicted molar refractivity (Wildman–Crippen MR) is 114 cm³/mol. The molecule has 2 aromatic carbocycles. The molecule has 1 amide bonds.